The van der Waals surface area contributed by atoms with E-state index in [9.17, 15) is 9.59 Å². The van der Waals surface area contributed by atoms with E-state index in [4.69, 9.17) is 9.47 Å². The molecule has 1 aromatic rings. The molecule has 7 nitrogen and oxygen atoms in total. The summed E-state index contributed by atoms with van der Waals surface area (Å²) < 4.78 is 15.3. The Morgan fingerprint density at radius 3 is 2.83 bits per heavy atom. The first kappa shape index (κ1) is 18.2. The Kier molecular flexibility index (Phi) is 7.02. The number of hydrogen-bond donors (Lipinski definition) is 1. The van der Waals surface area contributed by atoms with Gasteiger partial charge in [-0.05, 0) is 6.07 Å². The number of amides is 1. The molecule has 0 fully saturated rings. The lowest BCUT2D eigenvalue weighted by Gasteiger charge is -2.28. The quantitative estimate of drug-likeness (QED) is 0.706. The third-order valence-electron chi connectivity index (χ3n) is 3.85. The topological polar surface area (TPSA) is 77.1 Å². The van der Waals surface area contributed by atoms with Crippen molar-refractivity contribution < 1.29 is 23.8 Å². The summed E-state index contributed by atoms with van der Waals surface area (Å²) in [4.78, 5) is 25.5. The molecular weight excluding hydrogens is 312 g/mol. The van der Waals surface area contributed by atoms with Gasteiger partial charge in [-0.2, -0.15) is 0 Å². The van der Waals surface area contributed by atoms with Crippen molar-refractivity contribution in [1.29, 1.82) is 0 Å². The summed E-state index contributed by atoms with van der Waals surface area (Å²) in [6.45, 7) is 1.64. The van der Waals surface area contributed by atoms with Gasteiger partial charge in [0, 0.05) is 25.6 Å². The van der Waals surface area contributed by atoms with Crippen molar-refractivity contribution in [2.24, 2.45) is 0 Å². The molecule has 0 spiro atoms. The van der Waals surface area contributed by atoms with E-state index in [1.54, 1.807) is 12.0 Å². The first-order valence-corrected chi connectivity index (χ1v) is 7.93. The predicted molar refractivity (Wildman–Crippen MR) is 87.8 cm³/mol. The highest BCUT2D eigenvalue weighted by atomic mass is 16.5. The van der Waals surface area contributed by atoms with Crippen LogP contribution in [0, 0.1) is 0 Å². The van der Waals surface area contributed by atoms with Crippen LogP contribution in [0.4, 0.5) is 0 Å². The monoisotopic (exact) mass is 336 g/mol. The second kappa shape index (κ2) is 9.24. The van der Waals surface area contributed by atoms with E-state index in [-0.39, 0.29) is 31.0 Å². The average molecular weight is 336 g/mol. The minimum atomic E-state index is -0.379. The van der Waals surface area contributed by atoms with Crippen LogP contribution >= 0.6 is 0 Å². The largest absolute Gasteiger partial charge is 0.493 e. The summed E-state index contributed by atoms with van der Waals surface area (Å²) in [5.74, 6) is 0.284. The molecule has 24 heavy (non-hydrogen) atoms. The Bertz CT molecular complexity index is 564. The summed E-state index contributed by atoms with van der Waals surface area (Å²) in [5, 5.41) is 3.02. The zero-order chi connectivity index (χ0) is 17.4. The Hall–Kier alpha value is -2.12. The van der Waals surface area contributed by atoms with E-state index >= 15 is 0 Å². The maximum absolute atomic E-state index is 12.4. The van der Waals surface area contributed by atoms with Gasteiger partial charge >= 0.3 is 5.97 Å². The van der Waals surface area contributed by atoms with Gasteiger partial charge in [0.2, 0.25) is 5.91 Å². The highest BCUT2D eigenvalue weighted by molar-refractivity contribution is 5.79. The number of rotatable bonds is 8. The van der Waals surface area contributed by atoms with Crippen LogP contribution in [0.3, 0.4) is 0 Å². The number of benzene rings is 1. The normalized spacial score (nSPS) is 16.2. The van der Waals surface area contributed by atoms with Crippen LogP contribution in [0.1, 0.15) is 18.0 Å². The van der Waals surface area contributed by atoms with Crippen molar-refractivity contribution in [2.75, 3.05) is 47.1 Å². The molecule has 0 aliphatic carbocycles. The average Bonchev–Trinajstić information content (AvgIpc) is 2.59. The Morgan fingerprint density at radius 2 is 2.08 bits per heavy atom. The summed E-state index contributed by atoms with van der Waals surface area (Å²) in [6, 6.07) is 7.61. The van der Waals surface area contributed by atoms with Crippen molar-refractivity contribution in [2.45, 2.75) is 12.5 Å². The number of para-hydroxylation sites is 1. The third-order valence-corrected chi connectivity index (χ3v) is 3.85. The van der Waals surface area contributed by atoms with Crippen molar-refractivity contribution in [3.63, 3.8) is 0 Å². The molecule has 0 bridgehead atoms. The zero-order valence-electron chi connectivity index (χ0n) is 14.1. The minimum Gasteiger partial charge on any atom is -0.493 e. The molecule has 0 saturated heterocycles. The van der Waals surface area contributed by atoms with Crippen molar-refractivity contribution in [3.8, 4) is 5.75 Å². The van der Waals surface area contributed by atoms with Gasteiger partial charge in [0.25, 0.3) is 0 Å². The number of nitrogens with one attached hydrogen (secondary N) is 1. The second-order valence-corrected chi connectivity index (χ2v) is 5.57. The molecule has 0 unspecified atom stereocenters. The Morgan fingerprint density at radius 1 is 1.29 bits per heavy atom. The molecule has 1 amide bonds. The van der Waals surface area contributed by atoms with Gasteiger partial charge in [0.1, 0.15) is 5.75 Å². The molecule has 2 rings (SSSR count). The van der Waals surface area contributed by atoms with Crippen LogP contribution in [0.25, 0.3) is 0 Å². The minimum absolute atomic E-state index is 0.0532. The Balaban J connectivity index is 1.94. The number of nitrogens with zero attached hydrogens (tertiary/aromatic N) is 1. The molecule has 0 aromatic heterocycles. The summed E-state index contributed by atoms with van der Waals surface area (Å²) >= 11 is 0. The molecule has 1 heterocycles. The van der Waals surface area contributed by atoms with Crippen LogP contribution in [0.2, 0.25) is 0 Å². The fourth-order valence-electron chi connectivity index (χ4n) is 2.62. The van der Waals surface area contributed by atoms with E-state index in [0.717, 1.165) is 17.7 Å². The molecular formula is C17H24N2O5. The van der Waals surface area contributed by atoms with Crippen LogP contribution in [0.15, 0.2) is 24.3 Å². The molecule has 132 valence electrons. The summed E-state index contributed by atoms with van der Waals surface area (Å²) in [6.07, 6.45) is 0.720. The van der Waals surface area contributed by atoms with Gasteiger partial charge in [-0.1, -0.05) is 18.2 Å². The van der Waals surface area contributed by atoms with E-state index in [2.05, 4.69) is 10.1 Å². The van der Waals surface area contributed by atoms with Gasteiger partial charge in [0.05, 0.1) is 39.5 Å². The smallest absolute Gasteiger partial charge is 0.319 e. The van der Waals surface area contributed by atoms with Crippen LogP contribution in [-0.2, 0) is 19.1 Å². The summed E-state index contributed by atoms with van der Waals surface area (Å²) in [5.41, 5.74) is 0.980. The molecule has 1 aromatic carbocycles. The summed E-state index contributed by atoms with van der Waals surface area (Å²) in [7, 11) is 2.91. The molecule has 1 aliphatic rings. The molecule has 1 N–H and O–H groups in total. The number of esters is 1. The number of ether oxygens (including phenoxy) is 3. The van der Waals surface area contributed by atoms with Gasteiger partial charge in [-0.15, -0.1) is 0 Å². The van der Waals surface area contributed by atoms with Gasteiger partial charge < -0.3 is 19.5 Å². The predicted octanol–water partition coefficient (Wildman–Crippen LogP) is 0.748. The molecule has 0 radical (unpaired) electrons. The maximum atomic E-state index is 12.4. The van der Waals surface area contributed by atoms with Crippen LogP contribution in [-0.4, -0.2) is 63.8 Å². The number of carbonyl (C=O) groups is 2. The van der Waals surface area contributed by atoms with E-state index < -0.39 is 0 Å². The first-order valence-electron chi connectivity index (χ1n) is 7.93. The van der Waals surface area contributed by atoms with Crippen molar-refractivity contribution >= 4 is 11.9 Å². The van der Waals surface area contributed by atoms with Crippen molar-refractivity contribution in [3.05, 3.63) is 29.8 Å². The Labute approximate surface area is 141 Å². The maximum Gasteiger partial charge on any atom is 0.319 e. The lowest BCUT2D eigenvalue weighted by atomic mass is 10.0. The molecule has 1 atom stereocenters. The molecule has 1 aliphatic heterocycles. The highest BCUT2D eigenvalue weighted by Crippen LogP contribution is 2.31. The fourth-order valence-corrected chi connectivity index (χ4v) is 2.62. The zero-order valence-corrected chi connectivity index (χ0v) is 14.1. The number of methoxy groups -OCH3 is 2. The van der Waals surface area contributed by atoms with Crippen LogP contribution < -0.4 is 10.1 Å². The highest BCUT2D eigenvalue weighted by Gasteiger charge is 2.23. The van der Waals surface area contributed by atoms with E-state index in [1.165, 1.54) is 7.11 Å². The van der Waals surface area contributed by atoms with E-state index in [0.29, 0.717) is 19.8 Å². The first-order chi connectivity index (χ1) is 11.6. The lowest BCUT2D eigenvalue weighted by Crippen LogP contribution is -2.43. The van der Waals surface area contributed by atoms with Gasteiger partial charge in [-0.3, -0.25) is 14.5 Å². The number of fused-ring (bicyclic) bond motifs is 1. The standard InChI is InChI=1S/C17H24N2O5/c1-22-10-8-19(12-17(21)23-2)11-16(20)18-14-7-9-24-15-6-4-3-5-13(14)15/h3-6,14H,7-12H2,1-2H3,(H,18,20)/t14-/m1/s1. The lowest BCUT2D eigenvalue weighted by molar-refractivity contribution is -0.142. The SMILES string of the molecule is COCCN(CC(=O)N[C@@H]1CCOc2ccccc21)CC(=O)OC. The third kappa shape index (κ3) is 5.21. The van der Waals surface area contributed by atoms with Gasteiger partial charge in [-0.25, -0.2) is 0 Å². The van der Waals surface area contributed by atoms with Crippen molar-refractivity contribution in [1.82, 2.24) is 10.2 Å². The number of hydrogen-bond acceptors (Lipinski definition) is 6. The van der Waals surface area contributed by atoms with Crippen LogP contribution in [0.5, 0.6) is 5.75 Å². The number of carbonyl (C=O) groups excluding carboxylic acids is 2. The second-order valence-electron chi connectivity index (χ2n) is 5.57. The molecule has 0 saturated carbocycles. The van der Waals surface area contributed by atoms with Gasteiger partial charge in [0.15, 0.2) is 0 Å². The fraction of sp³-hybridized carbons (Fsp3) is 0.529. The molecule has 7 heteroatoms. The van der Waals surface area contributed by atoms with E-state index in [1.807, 2.05) is 24.3 Å².